The van der Waals surface area contributed by atoms with Gasteiger partial charge in [0.1, 0.15) is 5.82 Å². The van der Waals surface area contributed by atoms with Gasteiger partial charge in [-0.1, -0.05) is 18.5 Å². The SMILES string of the molecule is CCCSCC(NC)c1cc(Cl)cnc1N. The van der Waals surface area contributed by atoms with E-state index in [2.05, 4.69) is 17.2 Å². The Morgan fingerprint density at radius 2 is 2.38 bits per heavy atom. The van der Waals surface area contributed by atoms with Gasteiger partial charge in [0.15, 0.2) is 0 Å². The number of nitrogens with zero attached hydrogens (tertiary/aromatic N) is 1. The molecular formula is C11H18ClN3S. The summed E-state index contributed by atoms with van der Waals surface area (Å²) < 4.78 is 0. The molecular weight excluding hydrogens is 242 g/mol. The van der Waals surface area contributed by atoms with Crippen molar-refractivity contribution < 1.29 is 0 Å². The highest BCUT2D eigenvalue weighted by Gasteiger charge is 2.13. The van der Waals surface area contributed by atoms with Crippen LogP contribution in [0.15, 0.2) is 12.3 Å². The van der Waals surface area contributed by atoms with E-state index in [1.54, 1.807) is 6.20 Å². The second-order valence-corrected chi connectivity index (χ2v) is 5.13. The average molecular weight is 260 g/mol. The van der Waals surface area contributed by atoms with Crippen molar-refractivity contribution in [3.05, 3.63) is 22.8 Å². The molecule has 0 amide bonds. The Morgan fingerprint density at radius 3 is 3.00 bits per heavy atom. The molecule has 0 saturated heterocycles. The van der Waals surface area contributed by atoms with Crippen LogP contribution in [0, 0.1) is 0 Å². The molecule has 0 aliphatic heterocycles. The summed E-state index contributed by atoms with van der Waals surface area (Å²) in [5.74, 6) is 2.70. The third kappa shape index (κ3) is 3.85. The minimum atomic E-state index is 0.211. The van der Waals surface area contributed by atoms with Gasteiger partial charge in [-0.05, 0) is 25.3 Å². The maximum atomic E-state index is 5.93. The van der Waals surface area contributed by atoms with Crippen molar-refractivity contribution in [1.29, 1.82) is 0 Å². The molecule has 0 fully saturated rings. The van der Waals surface area contributed by atoms with Crippen LogP contribution in [-0.4, -0.2) is 23.5 Å². The summed E-state index contributed by atoms with van der Waals surface area (Å²) in [6, 6.07) is 2.10. The van der Waals surface area contributed by atoms with E-state index in [1.165, 1.54) is 6.42 Å². The summed E-state index contributed by atoms with van der Waals surface area (Å²) in [5.41, 5.74) is 6.84. The van der Waals surface area contributed by atoms with E-state index in [1.807, 2.05) is 24.9 Å². The second-order valence-electron chi connectivity index (χ2n) is 3.54. The molecule has 0 aromatic carbocycles. The first-order valence-electron chi connectivity index (χ1n) is 5.35. The Hall–Kier alpha value is -0.450. The minimum absolute atomic E-state index is 0.211. The molecule has 0 radical (unpaired) electrons. The number of hydrogen-bond donors (Lipinski definition) is 2. The fraction of sp³-hybridized carbons (Fsp3) is 0.545. The molecule has 0 bridgehead atoms. The Morgan fingerprint density at radius 1 is 1.62 bits per heavy atom. The number of thioether (sulfide) groups is 1. The van der Waals surface area contributed by atoms with Crippen LogP contribution in [0.4, 0.5) is 5.82 Å². The Kier molecular flexibility index (Phi) is 5.95. The molecule has 16 heavy (non-hydrogen) atoms. The second kappa shape index (κ2) is 6.99. The first kappa shape index (κ1) is 13.6. The number of nitrogens with one attached hydrogen (secondary N) is 1. The zero-order chi connectivity index (χ0) is 12.0. The van der Waals surface area contributed by atoms with E-state index in [4.69, 9.17) is 17.3 Å². The lowest BCUT2D eigenvalue weighted by Crippen LogP contribution is -2.20. The number of hydrogen-bond acceptors (Lipinski definition) is 4. The largest absolute Gasteiger partial charge is 0.383 e. The van der Waals surface area contributed by atoms with Crippen molar-refractivity contribution in [3.63, 3.8) is 0 Å². The van der Waals surface area contributed by atoms with Crippen molar-refractivity contribution in [2.45, 2.75) is 19.4 Å². The standard InChI is InChI=1S/C11H18ClN3S/c1-3-4-16-7-10(14-2)9-5-8(12)6-15-11(9)13/h5-6,10,14H,3-4,7H2,1-2H3,(H2,13,15). The summed E-state index contributed by atoms with van der Waals surface area (Å²) in [5, 5.41) is 3.88. The van der Waals surface area contributed by atoms with E-state index >= 15 is 0 Å². The van der Waals surface area contributed by atoms with Gasteiger partial charge in [-0.2, -0.15) is 11.8 Å². The molecule has 90 valence electrons. The number of rotatable bonds is 6. The van der Waals surface area contributed by atoms with Gasteiger partial charge in [0, 0.05) is 23.6 Å². The number of halogens is 1. The number of pyridine rings is 1. The van der Waals surface area contributed by atoms with Crippen LogP contribution in [0.2, 0.25) is 5.02 Å². The monoisotopic (exact) mass is 259 g/mol. The molecule has 3 N–H and O–H groups in total. The van der Waals surface area contributed by atoms with Gasteiger partial charge in [-0.15, -0.1) is 0 Å². The van der Waals surface area contributed by atoms with E-state index in [-0.39, 0.29) is 6.04 Å². The Balaban J connectivity index is 2.73. The van der Waals surface area contributed by atoms with Crippen LogP contribution in [0.5, 0.6) is 0 Å². The molecule has 0 spiro atoms. The Bertz CT molecular complexity index is 333. The first-order chi connectivity index (χ1) is 7.69. The van der Waals surface area contributed by atoms with Crippen LogP contribution in [-0.2, 0) is 0 Å². The maximum Gasteiger partial charge on any atom is 0.128 e. The quantitative estimate of drug-likeness (QED) is 0.772. The van der Waals surface area contributed by atoms with Crippen LogP contribution >= 0.6 is 23.4 Å². The highest BCUT2D eigenvalue weighted by molar-refractivity contribution is 7.99. The lowest BCUT2D eigenvalue weighted by molar-refractivity contribution is 0.661. The van der Waals surface area contributed by atoms with Crippen molar-refractivity contribution in [2.24, 2.45) is 0 Å². The molecule has 1 aromatic rings. The van der Waals surface area contributed by atoms with Crippen LogP contribution in [0.3, 0.4) is 0 Å². The highest BCUT2D eigenvalue weighted by Crippen LogP contribution is 2.24. The highest BCUT2D eigenvalue weighted by atomic mass is 35.5. The minimum Gasteiger partial charge on any atom is -0.383 e. The van der Waals surface area contributed by atoms with Crippen molar-refractivity contribution in [1.82, 2.24) is 10.3 Å². The number of nitrogens with two attached hydrogens (primary N) is 1. The van der Waals surface area contributed by atoms with E-state index in [9.17, 15) is 0 Å². The topological polar surface area (TPSA) is 50.9 Å². The summed E-state index contributed by atoms with van der Waals surface area (Å²) in [4.78, 5) is 4.07. The third-order valence-electron chi connectivity index (χ3n) is 2.27. The number of aromatic nitrogens is 1. The van der Waals surface area contributed by atoms with Gasteiger partial charge >= 0.3 is 0 Å². The van der Waals surface area contributed by atoms with Crippen molar-refractivity contribution in [3.8, 4) is 0 Å². The zero-order valence-corrected chi connectivity index (χ0v) is 11.2. The van der Waals surface area contributed by atoms with E-state index < -0.39 is 0 Å². The number of anilines is 1. The predicted molar refractivity (Wildman–Crippen MR) is 73.1 cm³/mol. The summed E-state index contributed by atoms with van der Waals surface area (Å²) >= 11 is 7.83. The van der Waals surface area contributed by atoms with Crippen LogP contribution in [0.25, 0.3) is 0 Å². The molecule has 5 heteroatoms. The van der Waals surface area contributed by atoms with E-state index in [0.717, 1.165) is 17.1 Å². The van der Waals surface area contributed by atoms with Gasteiger partial charge in [0.2, 0.25) is 0 Å². The van der Waals surface area contributed by atoms with Crippen LogP contribution < -0.4 is 11.1 Å². The molecule has 0 aliphatic carbocycles. The van der Waals surface area contributed by atoms with Crippen molar-refractivity contribution in [2.75, 3.05) is 24.3 Å². The molecule has 1 rings (SSSR count). The summed E-state index contributed by atoms with van der Waals surface area (Å²) in [7, 11) is 1.93. The summed E-state index contributed by atoms with van der Waals surface area (Å²) in [6.45, 7) is 2.18. The smallest absolute Gasteiger partial charge is 0.128 e. The fourth-order valence-corrected chi connectivity index (χ4v) is 2.62. The molecule has 1 atom stereocenters. The lowest BCUT2D eigenvalue weighted by atomic mass is 10.1. The molecule has 0 aliphatic rings. The van der Waals surface area contributed by atoms with Crippen molar-refractivity contribution >= 4 is 29.2 Å². The maximum absolute atomic E-state index is 5.93. The van der Waals surface area contributed by atoms with Gasteiger partial charge < -0.3 is 11.1 Å². The lowest BCUT2D eigenvalue weighted by Gasteiger charge is -2.17. The molecule has 1 aromatic heterocycles. The van der Waals surface area contributed by atoms with Crippen LogP contribution in [0.1, 0.15) is 24.9 Å². The van der Waals surface area contributed by atoms with Gasteiger partial charge in [-0.25, -0.2) is 4.98 Å². The Labute approximate surface area is 106 Å². The average Bonchev–Trinajstić information content (AvgIpc) is 2.28. The third-order valence-corrected chi connectivity index (χ3v) is 3.75. The molecule has 1 heterocycles. The van der Waals surface area contributed by atoms with Gasteiger partial charge in [0.05, 0.1) is 5.02 Å². The summed E-state index contributed by atoms with van der Waals surface area (Å²) in [6.07, 6.45) is 2.76. The normalized spacial score (nSPS) is 12.7. The molecule has 0 saturated carbocycles. The number of nitrogen functional groups attached to an aromatic ring is 1. The molecule has 1 unspecified atom stereocenters. The molecule has 3 nitrogen and oxygen atoms in total. The zero-order valence-electron chi connectivity index (χ0n) is 9.66. The predicted octanol–water partition coefficient (Wildman–Crippen LogP) is 2.72. The van der Waals surface area contributed by atoms with E-state index in [0.29, 0.717) is 10.8 Å². The first-order valence-corrected chi connectivity index (χ1v) is 6.88. The van der Waals surface area contributed by atoms with Gasteiger partial charge in [0.25, 0.3) is 0 Å². The fourth-order valence-electron chi connectivity index (χ4n) is 1.42. The van der Waals surface area contributed by atoms with Gasteiger partial charge in [-0.3, -0.25) is 0 Å².